The Kier molecular flexibility index (Phi) is 4.69. The fourth-order valence-corrected chi connectivity index (χ4v) is 6.31. The number of aromatic nitrogens is 1. The third-order valence-electron chi connectivity index (χ3n) is 1.97. The molecule has 0 bridgehead atoms. The second-order valence-electron chi connectivity index (χ2n) is 3.49. The van der Waals surface area contributed by atoms with Gasteiger partial charge in [0.1, 0.15) is 0 Å². The molecule has 0 saturated heterocycles. The van der Waals surface area contributed by atoms with Crippen molar-refractivity contribution in [3.05, 3.63) is 25.9 Å². The zero-order valence-electron chi connectivity index (χ0n) is 9.46. The fraction of sp³-hybridized carbons (Fsp3) is 0.111. The summed E-state index contributed by atoms with van der Waals surface area (Å²) in [5.41, 5.74) is 0. The number of nitrogens with zero attached hydrogens (tertiary/aromatic N) is 1. The Morgan fingerprint density at radius 1 is 1.50 bits per heavy atom. The molecule has 2 heterocycles. The summed E-state index contributed by atoms with van der Waals surface area (Å²) in [6.45, 7) is 0. The summed E-state index contributed by atoms with van der Waals surface area (Å²) in [5.74, 6) is -1.00. The van der Waals surface area contributed by atoms with Gasteiger partial charge in [0.05, 0.1) is 15.2 Å². The first kappa shape index (κ1) is 15.7. The molecule has 20 heavy (non-hydrogen) atoms. The number of hydrogen-bond acceptors (Lipinski definition) is 6. The molecule has 0 spiro atoms. The summed E-state index contributed by atoms with van der Waals surface area (Å²) in [7, 11) is -3.80. The lowest BCUT2D eigenvalue weighted by atomic mass is 10.4. The Bertz CT molecular complexity index is 755. The summed E-state index contributed by atoms with van der Waals surface area (Å²) in [4.78, 5) is 14.8. The highest BCUT2D eigenvalue weighted by atomic mass is 79.9. The van der Waals surface area contributed by atoms with Crippen LogP contribution in [0.25, 0.3) is 0 Å². The van der Waals surface area contributed by atoms with E-state index in [1.165, 1.54) is 12.3 Å². The number of carbonyl (C=O) groups is 1. The smallest absolute Gasteiger partial charge is 0.308 e. The molecule has 0 fully saturated rings. The Morgan fingerprint density at radius 2 is 2.20 bits per heavy atom. The van der Waals surface area contributed by atoms with Crippen LogP contribution >= 0.6 is 50.2 Å². The van der Waals surface area contributed by atoms with Gasteiger partial charge in [-0.05, 0) is 22.0 Å². The van der Waals surface area contributed by atoms with Gasteiger partial charge in [-0.2, -0.15) is 0 Å². The maximum atomic E-state index is 12.1. The number of thiophene rings is 1. The van der Waals surface area contributed by atoms with E-state index >= 15 is 0 Å². The van der Waals surface area contributed by atoms with Crippen LogP contribution in [0.3, 0.4) is 0 Å². The third kappa shape index (κ3) is 3.70. The maximum absolute atomic E-state index is 12.1. The number of carboxylic acids is 1. The van der Waals surface area contributed by atoms with Crippen molar-refractivity contribution < 1.29 is 18.3 Å². The molecule has 0 aliphatic carbocycles. The predicted molar refractivity (Wildman–Crippen MR) is 81.3 cm³/mol. The molecule has 0 atom stereocenters. The largest absolute Gasteiger partial charge is 0.481 e. The Balaban J connectivity index is 2.22. The van der Waals surface area contributed by atoms with E-state index in [-0.39, 0.29) is 15.8 Å². The highest BCUT2D eigenvalue weighted by Crippen LogP contribution is 2.35. The molecular formula is C9H6BrClN2O4S3. The number of sulfonamides is 1. The molecule has 2 rings (SSSR count). The van der Waals surface area contributed by atoms with Gasteiger partial charge in [-0.15, -0.1) is 22.7 Å². The number of nitrogens with one attached hydrogen (secondary N) is 1. The molecule has 0 amide bonds. The van der Waals surface area contributed by atoms with Crippen molar-refractivity contribution in [3.63, 3.8) is 0 Å². The highest BCUT2D eigenvalue weighted by Gasteiger charge is 2.22. The van der Waals surface area contributed by atoms with Crippen molar-refractivity contribution in [1.29, 1.82) is 0 Å². The number of thiazole rings is 1. The van der Waals surface area contributed by atoms with E-state index in [0.717, 1.165) is 22.7 Å². The average molecular weight is 418 g/mol. The number of hydrogen-bond donors (Lipinski definition) is 2. The molecule has 0 unspecified atom stereocenters. The average Bonchev–Trinajstić information content (AvgIpc) is 2.84. The molecule has 0 radical (unpaired) electrons. The van der Waals surface area contributed by atoms with Crippen molar-refractivity contribution >= 4 is 71.3 Å². The third-order valence-corrected chi connectivity index (χ3v) is 7.30. The second kappa shape index (κ2) is 5.98. The highest BCUT2D eigenvalue weighted by molar-refractivity contribution is 9.10. The number of anilines is 1. The quantitative estimate of drug-likeness (QED) is 0.779. The number of aliphatic carboxylic acids is 1. The fourth-order valence-electron chi connectivity index (χ4n) is 1.26. The SMILES string of the molecule is O=C(O)Cc1cnc(NS(=O)(=O)c2sc(Cl)cc2Br)s1. The van der Waals surface area contributed by atoms with Crippen LogP contribution in [0.1, 0.15) is 4.88 Å². The summed E-state index contributed by atoms with van der Waals surface area (Å²) in [6, 6.07) is 1.48. The lowest BCUT2D eigenvalue weighted by molar-refractivity contribution is -0.136. The Labute approximate surface area is 135 Å². The van der Waals surface area contributed by atoms with Crippen LogP contribution in [-0.4, -0.2) is 24.5 Å². The topological polar surface area (TPSA) is 96.4 Å². The maximum Gasteiger partial charge on any atom is 0.308 e. The zero-order valence-corrected chi connectivity index (χ0v) is 14.3. The monoisotopic (exact) mass is 416 g/mol. The van der Waals surface area contributed by atoms with Gasteiger partial charge in [0, 0.05) is 11.1 Å². The van der Waals surface area contributed by atoms with Crippen molar-refractivity contribution in [2.45, 2.75) is 10.6 Å². The van der Waals surface area contributed by atoms with Crippen molar-refractivity contribution in [2.75, 3.05) is 4.72 Å². The number of halogens is 2. The summed E-state index contributed by atoms with van der Waals surface area (Å²) in [5, 5.41) is 8.76. The molecule has 11 heteroatoms. The van der Waals surface area contributed by atoms with E-state index in [1.54, 1.807) is 0 Å². The van der Waals surface area contributed by atoms with Crippen LogP contribution in [0.4, 0.5) is 5.13 Å². The molecule has 6 nitrogen and oxygen atoms in total. The minimum absolute atomic E-state index is 0.0393. The summed E-state index contributed by atoms with van der Waals surface area (Å²) in [6.07, 6.45) is 1.13. The Morgan fingerprint density at radius 3 is 2.75 bits per heavy atom. The van der Waals surface area contributed by atoms with Gasteiger partial charge in [-0.1, -0.05) is 11.6 Å². The van der Waals surface area contributed by atoms with Crippen LogP contribution in [0.15, 0.2) is 20.9 Å². The van der Waals surface area contributed by atoms with E-state index in [2.05, 4.69) is 25.6 Å². The van der Waals surface area contributed by atoms with E-state index in [9.17, 15) is 13.2 Å². The van der Waals surface area contributed by atoms with Crippen molar-refractivity contribution in [2.24, 2.45) is 0 Å². The van der Waals surface area contributed by atoms with E-state index in [1.807, 2.05) is 0 Å². The van der Waals surface area contributed by atoms with Gasteiger partial charge in [0.25, 0.3) is 10.0 Å². The summed E-state index contributed by atoms with van der Waals surface area (Å²) < 4.78 is 27.3. The van der Waals surface area contributed by atoms with Crippen molar-refractivity contribution in [1.82, 2.24) is 4.98 Å². The van der Waals surface area contributed by atoms with Crippen LogP contribution in [0.5, 0.6) is 0 Å². The van der Waals surface area contributed by atoms with E-state index in [0.29, 0.717) is 13.7 Å². The van der Waals surface area contributed by atoms with E-state index in [4.69, 9.17) is 16.7 Å². The van der Waals surface area contributed by atoms with Gasteiger partial charge < -0.3 is 5.11 Å². The second-order valence-corrected chi connectivity index (χ2v) is 9.02. The van der Waals surface area contributed by atoms with Gasteiger partial charge >= 0.3 is 5.97 Å². The molecular weight excluding hydrogens is 412 g/mol. The van der Waals surface area contributed by atoms with Crippen LogP contribution in [-0.2, 0) is 21.2 Å². The zero-order chi connectivity index (χ0) is 14.9. The normalized spacial score (nSPS) is 11.5. The Hall–Kier alpha value is -0.680. The molecule has 2 N–H and O–H groups in total. The first-order valence-electron chi connectivity index (χ1n) is 4.92. The predicted octanol–water partition coefficient (Wildman–Crippen LogP) is 3.05. The van der Waals surface area contributed by atoms with Crippen LogP contribution in [0, 0.1) is 0 Å². The van der Waals surface area contributed by atoms with Crippen LogP contribution < -0.4 is 4.72 Å². The standard InChI is InChI=1S/C9H6BrClN2O4S3/c10-5-2-6(11)19-8(5)20(16,17)13-9-12-3-4(18-9)1-7(14)15/h2-3H,1H2,(H,12,13)(H,14,15). The minimum Gasteiger partial charge on any atom is -0.481 e. The lowest BCUT2D eigenvalue weighted by Gasteiger charge is -2.02. The van der Waals surface area contributed by atoms with Gasteiger partial charge in [-0.25, -0.2) is 13.4 Å². The lowest BCUT2D eigenvalue weighted by Crippen LogP contribution is -2.11. The van der Waals surface area contributed by atoms with Gasteiger partial charge in [0.2, 0.25) is 0 Å². The molecule has 0 aliphatic rings. The number of carboxylic acid groups (broad SMARTS) is 1. The molecule has 2 aromatic heterocycles. The van der Waals surface area contributed by atoms with E-state index < -0.39 is 16.0 Å². The molecule has 0 aliphatic heterocycles. The minimum atomic E-state index is -3.80. The molecule has 108 valence electrons. The summed E-state index contributed by atoms with van der Waals surface area (Å²) >= 11 is 10.7. The molecule has 2 aromatic rings. The van der Waals surface area contributed by atoms with Gasteiger partial charge in [0.15, 0.2) is 9.34 Å². The molecule has 0 saturated carbocycles. The number of rotatable bonds is 5. The first-order valence-corrected chi connectivity index (χ1v) is 9.21. The molecule has 0 aromatic carbocycles. The van der Waals surface area contributed by atoms with Crippen LogP contribution in [0.2, 0.25) is 4.34 Å². The van der Waals surface area contributed by atoms with Crippen molar-refractivity contribution in [3.8, 4) is 0 Å². The first-order chi connectivity index (χ1) is 9.28. The van der Waals surface area contributed by atoms with Gasteiger partial charge in [-0.3, -0.25) is 9.52 Å².